The zero-order valence-corrected chi connectivity index (χ0v) is 14.6. The monoisotopic (exact) mass is 343 g/mol. The number of benzene rings is 1. The number of fused-ring (bicyclic) bond motifs is 1. The quantitative estimate of drug-likeness (QED) is 0.559. The van der Waals surface area contributed by atoms with Crippen LogP contribution in [-0.4, -0.2) is 32.4 Å². The molecule has 130 valence electrons. The number of hydrogen-bond donors (Lipinski definition) is 2. The van der Waals surface area contributed by atoms with E-state index in [-0.39, 0.29) is 18.2 Å². The number of aryl methyl sites for hydroxylation is 1. The average Bonchev–Trinajstić information content (AvgIpc) is 2.71. The average molecular weight is 343 g/mol. The van der Waals surface area contributed by atoms with Crippen molar-refractivity contribution in [2.24, 2.45) is 0 Å². The highest BCUT2D eigenvalue weighted by Crippen LogP contribution is 2.43. The molecule has 1 atom stereocenters. The van der Waals surface area contributed by atoms with E-state index in [1.54, 1.807) is 0 Å². The minimum atomic E-state index is -4.11. The van der Waals surface area contributed by atoms with Crippen LogP contribution in [0.1, 0.15) is 44.7 Å². The third-order valence-corrected chi connectivity index (χ3v) is 4.53. The van der Waals surface area contributed by atoms with Crippen LogP contribution in [0.3, 0.4) is 0 Å². The van der Waals surface area contributed by atoms with Gasteiger partial charge in [0.2, 0.25) is 6.29 Å². The van der Waals surface area contributed by atoms with Crippen molar-refractivity contribution in [3.63, 3.8) is 0 Å². The van der Waals surface area contributed by atoms with Crippen LogP contribution in [0.25, 0.3) is 0 Å². The van der Waals surface area contributed by atoms with E-state index in [9.17, 15) is 8.42 Å². The summed E-state index contributed by atoms with van der Waals surface area (Å²) in [6.07, 6.45) is 1.98. The van der Waals surface area contributed by atoms with Crippen molar-refractivity contribution in [3.05, 3.63) is 29.3 Å². The highest BCUT2D eigenvalue weighted by molar-refractivity contribution is 7.83. The molecule has 6 nitrogen and oxygen atoms in total. The summed E-state index contributed by atoms with van der Waals surface area (Å²) in [5.74, 6) is 0.843. The summed E-state index contributed by atoms with van der Waals surface area (Å²) in [5, 5.41) is 0. The van der Waals surface area contributed by atoms with E-state index < -0.39 is 10.3 Å². The topological polar surface area (TPSA) is 84.9 Å². The van der Waals surface area contributed by atoms with E-state index in [1.165, 1.54) is 0 Å². The van der Waals surface area contributed by atoms with Gasteiger partial charge in [0.05, 0.1) is 12.0 Å². The highest BCUT2D eigenvalue weighted by atomic mass is 32.2. The molecule has 0 spiro atoms. The summed E-state index contributed by atoms with van der Waals surface area (Å²) in [7, 11) is -4.11. The second-order valence-corrected chi connectivity index (χ2v) is 7.58. The summed E-state index contributed by atoms with van der Waals surface area (Å²) in [4.78, 5) is 0. The molecule has 0 aliphatic carbocycles. The molecule has 1 aliphatic rings. The smallest absolute Gasteiger partial charge is 0.333 e. The first-order valence-corrected chi connectivity index (χ1v) is 9.32. The van der Waals surface area contributed by atoms with Crippen molar-refractivity contribution >= 4 is 10.3 Å². The van der Waals surface area contributed by atoms with Crippen molar-refractivity contribution in [1.82, 2.24) is 4.72 Å². The van der Waals surface area contributed by atoms with Crippen LogP contribution >= 0.6 is 0 Å². The van der Waals surface area contributed by atoms with Crippen molar-refractivity contribution < 1.29 is 22.4 Å². The number of hydrogen-bond acceptors (Lipinski definition) is 4. The first kappa shape index (κ1) is 18.2. The van der Waals surface area contributed by atoms with Crippen LogP contribution < -0.4 is 9.46 Å². The number of ether oxygens (including phenoxy) is 2. The van der Waals surface area contributed by atoms with Crippen LogP contribution in [0.2, 0.25) is 0 Å². The standard InChI is InChI=1S/C16H25NO5S/c1-4-10-21-15-16(2,3)13-11-12(7-8-14(13)22-15)6-5-9-17-23(18,19)20/h7-8,11,15,17H,4-6,9-10H2,1-3H3,(H,18,19,20). The summed E-state index contributed by atoms with van der Waals surface area (Å²) in [6, 6.07) is 6.01. The molecule has 1 aromatic rings. The van der Waals surface area contributed by atoms with E-state index in [1.807, 2.05) is 12.1 Å². The molecule has 0 amide bonds. The first-order chi connectivity index (χ1) is 10.7. The van der Waals surface area contributed by atoms with Gasteiger partial charge in [-0.1, -0.05) is 19.1 Å². The minimum absolute atomic E-state index is 0.206. The van der Waals surface area contributed by atoms with E-state index in [2.05, 4.69) is 31.6 Å². The Balaban J connectivity index is 2.00. The van der Waals surface area contributed by atoms with Gasteiger partial charge in [0, 0.05) is 12.1 Å². The van der Waals surface area contributed by atoms with E-state index >= 15 is 0 Å². The Labute approximate surface area is 138 Å². The van der Waals surface area contributed by atoms with E-state index in [0.29, 0.717) is 19.4 Å². The van der Waals surface area contributed by atoms with Gasteiger partial charge in [-0.15, -0.1) is 0 Å². The Morgan fingerprint density at radius 1 is 1.39 bits per heavy atom. The van der Waals surface area contributed by atoms with Gasteiger partial charge in [-0.2, -0.15) is 13.1 Å². The van der Waals surface area contributed by atoms with Gasteiger partial charge in [0.25, 0.3) is 0 Å². The second-order valence-electron chi connectivity index (χ2n) is 6.35. The van der Waals surface area contributed by atoms with Gasteiger partial charge >= 0.3 is 10.3 Å². The predicted molar refractivity (Wildman–Crippen MR) is 88.0 cm³/mol. The zero-order chi connectivity index (χ0) is 17.1. The Bertz CT molecular complexity index is 642. The lowest BCUT2D eigenvalue weighted by molar-refractivity contribution is -0.102. The summed E-state index contributed by atoms with van der Waals surface area (Å²) < 4.78 is 43.7. The third-order valence-electron chi connectivity index (χ3n) is 3.96. The Kier molecular flexibility index (Phi) is 5.67. The molecular formula is C16H25NO5S. The summed E-state index contributed by atoms with van der Waals surface area (Å²) in [6.45, 7) is 7.13. The van der Waals surface area contributed by atoms with Gasteiger partial charge in [-0.3, -0.25) is 4.55 Å². The molecule has 0 bridgehead atoms. The molecule has 2 rings (SSSR count). The van der Waals surface area contributed by atoms with Gasteiger partial charge in [-0.05, 0) is 44.7 Å². The van der Waals surface area contributed by atoms with Gasteiger partial charge in [-0.25, -0.2) is 0 Å². The second kappa shape index (κ2) is 7.17. The lowest BCUT2D eigenvalue weighted by Crippen LogP contribution is -2.35. The fourth-order valence-electron chi connectivity index (χ4n) is 2.69. The minimum Gasteiger partial charge on any atom is -0.464 e. The Hall–Kier alpha value is -1.15. The van der Waals surface area contributed by atoms with Crippen molar-refractivity contribution in [3.8, 4) is 5.75 Å². The maximum Gasteiger partial charge on any atom is 0.333 e. The Morgan fingerprint density at radius 3 is 2.78 bits per heavy atom. The molecule has 0 saturated heterocycles. The van der Waals surface area contributed by atoms with Crippen molar-refractivity contribution in [2.75, 3.05) is 13.2 Å². The predicted octanol–water partition coefficient (Wildman–Crippen LogP) is 2.43. The molecule has 0 saturated carbocycles. The number of rotatable bonds is 8. The van der Waals surface area contributed by atoms with Gasteiger partial charge in [0.15, 0.2) is 0 Å². The fourth-order valence-corrected chi connectivity index (χ4v) is 3.09. The maximum absolute atomic E-state index is 10.6. The largest absolute Gasteiger partial charge is 0.464 e. The fraction of sp³-hybridized carbons (Fsp3) is 0.625. The zero-order valence-electron chi connectivity index (χ0n) is 13.8. The summed E-state index contributed by atoms with van der Waals surface area (Å²) >= 11 is 0. The molecule has 2 N–H and O–H groups in total. The van der Waals surface area contributed by atoms with E-state index in [4.69, 9.17) is 14.0 Å². The lowest BCUT2D eigenvalue weighted by atomic mass is 9.84. The van der Waals surface area contributed by atoms with Crippen molar-refractivity contribution in [1.29, 1.82) is 0 Å². The van der Waals surface area contributed by atoms with Gasteiger partial charge < -0.3 is 9.47 Å². The molecule has 1 heterocycles. The molecular weight excluding hydrogens is 318 g/mol. The van der Waals surface area contributed by atoms with Gasteiger partial charge in [0.1, 0.15) is 5.75 Å². The summed E-state index contributed by atoms with van der Waals surface area (Å²) in [5.41, 5.74) is 1.99. The molecule has 0 radical (unpaired) electrons. The Morgan fingerprint density at radius 2 is 2.13 bits per heavy atom. The van der Waals surface area contributed by atoms with Crippen LogP contribution in [0.15, 0.2) is 18.2 Å². The highest BCUT2D eigenvalue weighted by Gasteiger charge is 2.42. The lowest BCUT2D eigenvalue weighted by Gasteiger charge is -2.25. The SMILES string of the molecule is CCCOC1Oc2ccc(CCCNS(=O)(=O)O)cc2C1(C)C. The van der Waals surface area contributed by atoms with E-state index in [0.717, 1.165) is 23.3 Å². The molecule has 1 unspecified atom stereocenters. The maximum atomic E-state index is 10.6. The van der Waals surface area contributed by atoms with Crippen LogP contribution in [0, 0.1) is 0 Å². The van der Waals surface area contributed by atoms with Crippen molar-refractivity contribution in [2.45, 2.75) is 51.7 Å². The van der Waals surface area contributed by atoms with Crippen LogP contribution in [0.4, 0.5) is 0 Å². The molecule has 0 aromatic heterocycles. The molecule has 1 aliphatic heterocycles. The van der Waals surface area contributed by atoms with Crippen LogP contribution in [0.5, 0.6) is 5.75 Å². The molecule has 0 fully saturated rings. The molecule has 1 aromatic carbocycles. The molecule has 7 heteroatoms. The van der Waals surface area contributed by atoms with Crippen LogP contribution in [-0.2, 0) is 26.9 Å². The first-order valence-electron chi connectivity index (χ1n) is 7.88. The molecule has 23 heavy (non-hydrogen) atoms. The third kappa shape index (κ3) is 4.67. The number of nitrogens with one attached hydrogen (secondary N) is 1. The normalized spacial score (nSPS) is 19.4.